The van der Waals surface area contributed by atoms with E-state index in [0.29, 0.717) is 4.65 Å². The smallest absolute Gasteiger partial charge is 0.272 e. The molecule has 0 aliphatic heterocycles. The minimum Gasteiger partial charge on any atom is -0.272 e. The van der Waals surface area contributed by atoms with Crippen molar-refractivity contribution in [3.05, 3.63) is 12.2 Å². The largest absolute Gasteiger partial charge is 0.389 e. The maximum Gasteiger partial charge on any atom is 0.389 e. The van der Waals surface area contributed by atoms with Gasteiger partial charge >= 0.3 is 5.97 Å². The van der Waals surface area contributed by atoms with Gasteiger partial charge in [-0.3, -0.25) is 4.84 Å². The zero-order valence-corrected chi connectivity index (χ0v) is 14.7. The van der Waals surface area contributed by atoms with Crippen molar-refractivity contribution in [1.82, 2.24) is 0 Å². The summed E-state index contributed by atoms with van der Waals surface area (Å²) in [5.41, 5.74) is 0. The maximum atomic E-state index is 11.4. The van der Waals surface area contributed by atoms with Crippen molar-refractivity contribution in [2.75, 3.05) is 20.6 Å². The Bertz CT molecular complexity index is 285. The summed E-state index contributed by atoms with van der Waals surface area (Å²) in [6.07, 6.45) is 16.5. The van der Waals surface area contributed by atoms with Crippen LogP contribution in [0, 0.1) is 0 Å². The molecule has 21 heavy (non-hydrogen) atoms. The Hall–Kier alpha value is -0.830. The third-order valence-electron chi connectivity index (χ3n) is 3.69. The minimum atomic E-state index is -0.255. The summed E-state index contributed by atoms with van der Waals surface area (Å²) in [6, 6.07) is 0. The summed E-state index contributed by atoms with van der Waals surface area (Å²) >= 11 is 0. The predicted octanol–water partition coefficient (Wildman–Crippen LogP) is 5.02. The average Bonchev–Trinajstić information content (AvgIpc) is 2.40. The van der Waals surface area contributed by atoms with Gasteiger partial charge in [-0.25, -0.2) is 4.79 Å². The van der Waals surface area contributed by atoms with Gasteiger partial charge < -0.3 is 0 Å². The summed E-state index contributed by atoms with van der Waals surface area (Å²) in [6.45, 7) is 4.97. The number of hydroxylamine groups is 3. The summed E-state index contributed by atoms with van der Waals surface area (Å²) in [7, 11) is 3.88. The Labute approximate surface area is 131 Å². The molecular formula is C18H36NO2+. The van der Waals surface area contributed by atoms with Crippen molar-refractivity contribution in [3.63, 3.8) is 0 Å². The molecule has 0 saturated heterocycles. The third-order valence-corrected chi connectivity index (χ3v) is 3.69. The Morgan fingerprint density at radius 3 is 1.86 bits per heavy atom. The first-order valence-corrected chi connectivity index (χ1v) is 8.71. The molecule has 0 aliphatic carbocycles. The number of carbonyl (C=O) groups excluding carboxylic acids is 1. The van der Waals surface area contributed by atoms with Gasteiger partial charge in [0, 0.05) is 12.5 Å². The van der Waals surface area contributed by atoms with Crippen LogP contribution < -0.4 is 0 Å². The lowest BCUT2D eigenvalue weighted by Crippen LogP contribution is -2.42. The molecule has 0 radical (unpaired) electrons. The van der Waals surface area contributed by atoms with Gasteiger partial charge in [0.05, 0.1) is 0 Å². The quantitative estimate of drug-likeness (QED) is 0.206. The SMILES string of the molecule is CC=CC(=O)O[N+](C)(C)CCCCCCCCCCCC. The second kappa shape index (κ2) is 12.9. The first-order valence-electron chi connectivity index (χ1n) is 8.71. The highest BCUT2D eigenvalue weighted by molar-refractivity contribution is 5.81. The lowest BCUT2D eigenvalue weighted by atomic mass is 10.1. The van der Waals surface area contributed by atoms with Crippen LogP contribution in [0.1, 0.15) is 78.1 Å². The van der Waals surface area contributed by atoms with Crippen LogP contribution in [-0.4, -0.2) is 31.3 Å². The van der Waals surface area contributed by atoms with E-state index in [1.54, 1.807) is 6.08 Å². The lowest BCUT2D eigenvalue weighted by Gasteiger charge is -2.25. The summed E-state index contributed by atoms with van der Waals surface area (Å²) in [5.74, 6) is -0.255. The number of rotatable bonds is 13. The van der Waals surface area contributed by atoms with Crippen molar-refractivity contribution in [1.29, 1.82) is 0 Å². The van der Waals surface area contributed by atoms with Gasteiger partial charge in [0.15, 0.2) is 0 Å². The van der Waals surface area contributed by atoms with E-state index in [9.17, 15) is 4.79 Å². The van der Waals surface area contributed by atoms with Gasteiger partial charge in [0.1, 0.15) is 20.6 Å². The van der Waals surface area contributed by atoms with Crippen molar-refractivity contribution in [3.8, 4) is 0 Å². The molecule has 3 heteroatoms. The molecule has 0 spiro atoms. The number of hydrogen-bond acceptors (Lipinski definition) is 2. The van der Waals surface area contributed by atoms with E-state index in [0.717, 1.165) is 13.0 Å². The number of carbonyl (C=O) groups is 1. The molecule has 124 valence electrons. The number of quaternary nitrogens is 1. The van der Waals surface area contributed by atoms with E-state index in [1.165, 1.54) is 63.9 Å². The number of allylic oxidation sites excluding steroid dienone is 1. The molecular weight excluding hydrogens is 262 g/mol. The molecule has 0 saturated carbocycles. The Morgan fingerprint density at radius 2 is 1.38 bits per heavy atom. The summed E-state index contributed by atoms with van der Waals surface area (Å²) < 4.78 is 0.320. The van der Waals surface area contributed by atoms with Crippen molar-refractivity contribution in [2.24, 2.45) is 0 Å². The fourth-order valence-electron chi connectivity index (χ4n) is 2.44. The Kier molecular flexibility index (Phi) is 12.4. The summed E-state index contributed by atoms with van der Waals surface area (Å²) in [5, 5.41) is 0. The molecule has 0 N–H and O–H groups in total. The van der Waals surface area contributed by atoms with E-state index in [2.05, 4.69) is 6.92 Å². The van der Waals surface area contributed by atoms with Crippen LogP contribution in [0.25, 0.3) is 0 Å². The van der Waals surface area contributed by atoms with Crippen LogP contribution in [0.5, 0.6) is 0 Å². The molecule has 0 unspecified atom stereocenters. The molecule has 0 rings (SSSR count). The Morgan fingerprint density at radius 1 is 0.905 bits per heavy atom. The van der Waals surface area contributed by atoms with E-state index >= 15 is 0 Å². The number of nitrogens with zero attached hydrogens (tertiary/aromatic N) is 1. The van der Waals surface area contributed by atoms with E-state index < -0.39 is 0 Å². The molecule has 0 bridgehead atoms. The normalized spacial score (nSPS) is 12.0. The van der Waals surface area contributed by atoms with Crippen LogP contribution >= 0.6 is 0 Å². The first-order chi connectivity index (χ1) is 10.0. The molecule has 0 aromatic rings. The zero-order chi connectivity index (χ0) is 16.0. The number of unbranched alkanes of at least 4 members (excludes halogenated alkanes) is 9. The van der Waals surface area contributed by atoms with Crippen molar-refractivity contribution in [2.45, 2.75) is 78.1 Å². The minimum absolute atomic E-state index is 0.255. The van der Waals surface area contributed by atoms with E-state index in [1.807, 2.05) is 21.0 Å². The van der Waals surface area contributed by atoms with Crippen molar-refractivity contribution < 1.29 is 14.3 Å². The van der Waals surface area contributed by atoms with Crippen molar-refractivity contribution >= 4 is 5.97 Å². The van der Waals surface area contributed by atoms with E-state index in [-0.39, 0.29) is 5.97 Å². The predicted molar refractivity (Wildman–Crippen MR) is 89.7 cm³/mol. The van der Waals surface area contributed by atoms with Crippen LogP contribution in [0.4, 0.5) is 0 Å². The molecule has 0 aromatic heterocycles. The Balaban J connectivity index is 3.46. The molecule has 0 aromatic carbocycles. The van der Waals surface area contributed by atoms with Crippen LogP contribution in [0.3, 0.4) is 0 Å². The highest BCUT2D eigenvalue weighted by Crippen LogP contribution is 2.12. The molecule has 3 nitrogen and oxygen atoms in total. The van der Waals surface area contributed by atoms with Crippen LogP contribution in [-0.2, 0) is 9.63 Å². The molecule has 0 aliphatic rings. The van der Waals surface area contributed by atoms with Gasteiger partial charge in [0.2, 0.25) is 0 Å². The molecule has 0 fully saturated rings. The fourth-order valence-corrected chi connectivity index (χ4v) is 2.44. The highest BCUT2D eigenvalue weighted by Gasteiger charge is 2.19. The average molecular weight is 298 g/mol. The van der Waals surface area contributed by atoms with Crippen LogP contribution in [0.2, 0.25) is 0 Å². The number of hydrogen-bond donors (Lipinski definition) is 0. The molecule has 0 heterocycles. The monoisotopic (exact) mass is 298 g/mol. The maximum absolute atomic E-state index is 11.4. The first kappa shape index (κ1) is 20.2. The highest BCUT2D eigenvalue weighted by atomic mass is 16.7. The van der Waals surface area contributed by atoms with Gasteiger partial charge in [-0.2, -0.15) is 0 Å². The zero-order valence-electron chi connectivity index (χ0n) is 14.7. The topological polar surface area (TPSA) is 26.3 Å². The lowest BCUT2D eigenvalue weighted by molar-refractivity contribution is -1.06. The van der Waals surface area contributed by atoms with Gasteiger partial charge in [-0.15, -0.1) is 4.65 Å². The molecule has 0 amide bonds. The molecule has 0 atom stereocenters. The van der Waals surface area contributed by atoms with E-state index in [4.69, 9.17) is 4.84 Å². The van der Waals surface area contributed by atoms with Crippen LogP contribution in [0.15, 0.2) is 12.2 Å². The second-order valence-corrected chi connectivity index (χ2v) is 6.39. The van der Waals surface area contributed by atoms with Gasteiger partial charge in [0.25, 0.3) is 0 Å². The summed E-state index contributed by atoms with van der Waals surface area (Å²) in [4.78, 5) is 16.8. The van der Waals surface area contributed by atoms with Gasteiger partial charge in [-0.1, -0.05) is 64.4 Å². The second-order valence-electron chi connectivity index (χ2n) is 6.39. The third kappa shape index (κ3) is 13.9. The standard InChI is InChI=1S/C18H36NO2/c1-5-7-8-9-10-11-12-13-14-15-17-19(3,4)21-18(20)16-6-2/h6,16H,5,7-15,17H2,1-4H3/q+1. The fraction of sp³-hybridized carbons (Fsp3) is 0.833. The van der Waals surface area contributed by atoms with Gasteiger partial charge in [-0.05, 0) is 13.3 Å².